The minimum Gasteiger partial charge on any atom is -0.355 e. The maximum atomic E-state index is 13.1. The summed E-state index contributed by atoms with van der Waals surface area (Å²) >= 11 is 12.1. The smallest absolute Gasteiger partial charge is 0.242 e. The fraction of sp³-hybridized carbons (Fsp3) is 0.364. The molecule has 2 amide bonds. The van der Waals surface area contributed by atoms with Gasteiger partial charge in [0.25, 0.3) is 0 Å². The van der Waals surface area contributed by atoms with Crippen LogP contribution >= 0.6 is 23.2 Å². The van der Waals surface area contributed by atoms with Gasteiger partial charge < -0.3 is 10.2 Å². The predicted molar refractivity (Wildman–Crippen MR) is 115 cm³/mol. The molecule has 0 spiro atoms. The van der Waals surface area contributed by atoms with Crippen molar-refractivity contribution >= 4 is 35.0 Å². The summed E-state index contributed by atoms with van der Waals surface area (Å²) in [6, 6.07) is 12.6. The molecule has 0 heterocycles. The number of hydrogen-bond donors (Lipinski definition) is 1. The van der Waals surface area contributed by atoms with E-state index < -0.39 is 6.04 Å². The van der Waals surface area contributed by atoms with Crippen molar-refractivity contribution in [1.29, 1.82) is 0 Å². The third kappa shape index (κ3) is 5.98. The first kappa shape index (κ1) is 22.3. The molecule has 2 rings (SSSR count). The minimum absolute atomic E-state index is 0.104. The first-order chi connectivity index (χ1) is 13.3. The third-order valence-electron chi connectivity index (χ3n) is 4.55. The molecule has 2 aromatic rings. The fourth-order valence-electron chi connectivity index (χ4n) is 3.03. The quantitative estimate of drug-likeness (QED) is 0.667. The van der Waals surface area contributed by atoms with E-state index in [0.29, 0.717) is 23.0 Å². The van der Waals surface area contributed by atoms with E-state index in [1.807, 2.05) is 51.1 Å². The van der Waals surface area contributed by atoms with E-state index in [4.69, 9.17) is 23.2 Å². The van der Waals surface area contributed by atoms with Crippen LogP contribution in [-0.2, 0) is 22.6 Å². The summed E-state index contributed by atoms with van der Waals surface area (Å²) < 4.78 is 0. The number of rotatable bonds is 8. The molecule has 0 aromatic heterocycles. The molecular weight excluding hydrogens is 395 g/mol. The highest BCUT2D eigenvalue weighted by atomic mass is 35.5. The van der Waals surface area contributed by atoms with E-state index in [0.717, 1.165) is 16.7 Å². The van der Waals surface area contributed by atoms with Gasteiger partial charge in [-0.15, -0.1) is 0 Å². The van der Waals surface area contributed by atoms with Crippen LogP contribution in [0.2, 0.25) is 10.0 Å². The molecule has 0 fully saturated rings. The van der Waals surface area contributed by atoms with Gasteiger partial charge in [0.2, 0.25) is 11.8 Å². The highest BCUT2D eigenvalue weighted by Crippen LogP contribution is 2.24. The van der Waals surface area contributed by atoms with Crippen LogP contribution in [-0.4, -0.2) is 29.3 Å². The number of halogens is 2. The maximum absolute atomic E-state index is 13.1. The Hall–Kier alpha value is -2.04. The van der Waals surface area contributed by atoms with E-state index in [1.165, 1.54) is 0 Å². The largest absolute Gasteiger partial charge is 0.355 e. The van der Waals surface area contributed by atoms with Gasteiger partial charge >= 0.3 is 0 Å². The summed E-state index contributed by atoms with van der Waals surface area (Å²) in [5, 5.41) is 3.71. The Labute approximate surface area is 176 Å². The van der Waals surface area contributed by atoms with E-state index in [1.54, 1.807) is 17.0 Å². The second-order valence-electron chi connectivity index (χ2n) is 6.75. The SMILES string of the molecule is CCNC(=O)[C@@H](CC)N(Cc1ccc(Cl)c(Cl)c1)C(=O)Cc1ccc(C)cc1. The number of carbonyl (C=O) groups is 2. The molecule has 28 heavy (non-hydrogen) atoms. The zero-order chi connectivity index (χ0) is 20.7. The van der Waals surface area contributed by atoms with Gasteiger partial charge in [-0.2, -0.15) is 0 Å². The van der Waals surface area contributed by atoms with Crippen molar-refractivity contribution in [2.45, 2.75) is 46.2 Å². The number of nitrogens with one attached hydrogen (secondary N) is 1. The summed E-state index contributed by atoms with van der Waals surface area (Å²) in [6.07, 6.45) is 0.754. The fourth-order valence-corrected chi connectivity index (χ4v) is 3.35. The molecule has 2 aromatic carbocycles. The molecular formula is C22H26Cl2N2O2. The van der Waals surface area contributed by atoms with Crippen LogP contribution in [0.4, 0.5) is 0 Å². The van der Waals surface area contributed by atoms with E-state index in [-0.39, 0.29) is 24.8 Å². The maximum Gasteiger partial charge on any atom is 0.242 e. The van der Waals surface area contributed by atoms with Crippen LogP contribution in [0.15, 0.2) is 42.5 Å². The van der Waals surface area contributed by atoms with E-state index in [9.17, 15) is 9.59 Å². The predicted octanol–water partition coefficient (Wildman–Crippen LogP) is 4.79. The lowest BCUT2D eigenvalue weighted by Gasteiger charge is -2.30. The molecule has 1 atom stereocenters. The van der Waals surface area contributed by atoms with Gasteiger partial charge in [-0.3, -0.25) is 9.59 Å². The molecule has 0 saturated heterocycles. The van der Waals surface area contributed by atoms with E-state index >= 15 is 0 Å². The van der Waals surface area contributed by atoms with Gasteiger partial charge in [0.1, 0.15) is 6.04 Å². The Morgan fingerprint density at radius 2 is 1.64 bits per heavy atom. The summed E-state index contributed by atoms with van der Waals surface area (Å²) in [7, 11) is 0. The van der Waals surface area contributed by atoms with Crippen molar-refractivity contribution in [3.8, 4) is 0 Å². The highest BCUT2D eigenvalue weighted by molar-refractivity contribution is 6.42. The number of carbonyl (C=O) groups excluding carboxylic acids is 2. The first-order valence-corrected chi connectivity index (χ1v) is 10.2. The molecule has 6 heteroatoms. The minimum atomic E-state index is -0.549. The number of hydrogen-bond acceptors (Lipinski definition) is 2. The second kappa shape index (κ2) is 10.5. The molecule has 1 N–H and O–H groups in total. The number of likely N-dealkylation sites (N-methyl/N-ethyl adjacent to an activating group) is 1. The van der Waals surface area contributed by atoms with Gasteiger partial charge in [0, 0.05) is 13.1 Å². The topological polar surface area (TPSA) is 49.4 Å². The summed E-state index contributed by atoms with van der Waals surface area (Å²) in [5.41, 5.74) is 2.88. The highest BCUT2D eigenvalue weighted by Gasteiger charge is 2.28. The zero-order valence-electron chi connectivity index (χ0n) is 16.5. The Morgan fingerprint density at radius 3 is 2.21 bits per heavy atom. The molecule has 0 aliphatic carbocycles. The zero-order valence-corrected chi connectivity index (χ0v) is 18.0. The molecule has 0 bridgehead atoms. The number of nitrogens with zero attached hydrogens (tertiary/aromatic N) is 1. The molecule has 150 valence electrons. The number of benzene rings is 2. The van der Waals surface area contributed by atoms with Crippen LogP contribution < -0.4 is 5.32 Å². The Morgan fingerprint density at radius 1 is 1.00 bits per heavy atom. The third-order valence-corrected chi connectivity index (χ3v) is 5.29. The van der Waals surface area contributed by atoms with Gasteiger partial charge in [0.15, 0.2) is 0 Å². The van der Waals surface area contributed by atoms with Crippen LogP contribution in [0.5, 0.6) is 0 Å². The van der Waals surface area contributed by atoms with Gasteiger partial charge in [0.05, 0.1) is 16.5 Å². The Balaban J connectivity index is 2.30. The average Bonchev–Trinajstić information content (AvgIpc) is 2.66. The van der Waals surface area contributed by atoms with Crippen molar-refractivity contribution in [3.63, 3.8) is 0 Å². The lowest BCUT2D eigenvalue weighted by molar-refractivity contribution is -0.140. The van der Waals surface area contributed by atoms with Crippen molar-refractivity contribution in [2.75, 3.05) is 6.54 Å². The monoisotopic (exact) mass is 420 g/mol. The van der Waals surface area contributed by atoms with Crippen molar-refractivity contribution in [3.05, 3.63) is 69.2 Å². The van der Waals surface area contributed by atoms with Gasteiger partial charge in [-0.05, 0) is 43.5 Å². The molecule has 4 nitrogen and oxygen atoms in total. The number of amides is 2. The van der Waals surface area contributed by atoms with Crippen molar-refractivity contribution in [2.24, 2.45) is 0 Å². The second-order valence-corrected chi connectivity index (χ2v) is 7.57. The summed E-state index contributed by atoms with van der Waals surface area (Å²) in [4.78, 5) is 27.4. The van der Waals surface area contributed by atoms with Crippen LogP contribution in [0, 0.1) is 6.92 Å². The van der Waals surface area contributed by atoms with Crippen molar-refractivity contribution in [1.82, 2.24) is 10.2 Å². The van der Waals surface area contributed by atoms with Crippen molar-refractivity contribution < 1.29 is 9.59 Å². The molecule has 0 aliphatic heterocycles. The average molecular weight is 421 g/mol. The molecule has 0 aliphatic rings. The Kier molecular flexibility index (Phi) is 8.34. The van der Waals surface area contributed by atoms with Gasteiger partial charge in [-0.1, -0.05) is 66.0 Å². The summed E-state index contributed by atoms with van der Waals surface area (Å²) in [6.45, 7) is 6.58. The van der Waals surface area contributed by atoms with E-state index in [2.05, 4.69) is 5.32 Å². The lowest BCUT2D eigenvalue weighted by Crippen LogP contribution is -2.49. The van der Waals surface area contributed by atoms with Gasteiger partial charge in [-0.25, -0.2) is 0 Å². The molecule has 0 radical (unpaired) electrons. The van der Waals surface area contributed by atoms with Crippen LogP contribution in [0.25, 0.3) is 0 Å². The van der Waals surface area contributed by atoms with Crippen LogP contribution in [0.3, 0.4) is 0 Å². The van der Waals surface area contributed by atoms with Crippen LogP contribution in [0.1, 0.15) is 37.0 Å². The molecule has 0 saturated carbocycles. The Bertz CT molecular complexity index is 822. The lowest BCUT2D eigenvalue weighted by atomic mass is 10.1. The number of aryl methyl sites for hydroxylation is 1. The summed E-state index contributed by atoms with van der Waals surface area (Å²) in [5.74, 6) is -0.254. The normalized spacial score (nSPS) is 11.8. The molecule has 0 unspecified atom stereocenters. The first-order valence-electron chi connectivity index (χ1n) is 9.42. The standard InChI is InChI=1S/C22H26Cl2N2O2/c1-4-20(22(28)25-5-2)26(14-17-10-11-18(23)19(24)12-17)21(27)13-16-8-6-15(3)7-9-16/h6-12,20H,4-5,13-14H2,1-3H3,(H,25,28)/t20-/m1/s1.